The number of ether oxygens (including phenoxy) is 2. The number of fused-ring (bicyclic) bond motifs is 1. The highest BCUT2D eigenvalue weighted by atomic mass is 16.5. The molecule has 1 aliphatic rings. The van der Waals surface area contributed by atoms with Gasteiger partial charge in [-0.1, -0.05) is 43.7 Å². The van der Waals surface area contributed by atoms with Crippen LogP contribution in [0.1, 0.15) is 44.6 Å². The number of carbonyl (C=O) groups is 1. The van der Waals surface area contributed by atoms with Crippen LogP contribution >= 0.6 is 0 Å². The molecule has 9 heteroatoms. The molecule has 3 aromatic rings. The summed E-state index contributed by atoms with van der Waals surface area (Å²) >= 11 is 0. The third-order valence-electron chi connectivity index (χ3n) is 6.30. The number of primary amides is 1. The topological polar surface area (TPSA) is 133 Å². The van der Waals surface area contributed by atoms with Gasteiger partial charge in [0.05, 0.1) is 24.7 Å². The second-order valence-electron chi connectivity index (χ2n) is 9.20. The highest BCUT2D eigenvalue weighted by Gasteiger charge is 2.16. The van der Waals surface area contributed by atoms with Gasteiger partial charge in [0.15, 0.2) is 5.58 Å². The van der Waals surface area contributed by atoms with Crippen LogP contribution in [0.5, 0.6) is 0 Å². The maximum Gasteiger partial charge on any atom is 0.420 e. The number of aromatic nitrogens is 1. The van der Waals surface area contributed by atoms with E-state index < -0.39 is 6.10 Å². The second kappa shape index (κ2) is 15.7. The van der Waals surface area contributed by atoms with Gasteiger partial charge in [-0.15, -0.1) is 0 Å². The molecule has 1 fully saturated rings. The molecule has 2 aromatic carbocycles. The summed E-state index contributed by atoms with van der Waals surface area (Å²) in [5.41, 5.74) is 9.69. The Balaban J connectivity index is 0.000000304. The van der Waals surface area contributed by atoms with Crippen molar-refractivity contribution in [2.24, 2.45) is 5.73 Å². The van der Waals surface area contributed by atoms with Crippen molar-refractivity contribution in [2.45, 2.75) is 58.1 Å². The van der Waals surface area contributed by atoms with Crippen LogP contribution in [0.3, 0.4) is 0 Å². The second-order valence-corrected chi connectivity index (χ2v) is 9.20. The van der Waals surface area contributed by atoms with Crippen molar-refractivity contribution in [3.63, 3.8) is 0 Å². The third-order valence-corrected chi connectivity index (χ3v) is 6.30. The van der Waals surface area contributed by atoms with Crippen LogP contribution in [-0.2, 0) is 27.2 Å². The van der Waals surface area contributed by atoms with Gasteiger partial charge in [-0.25, -0.2) is 4.79 Å². The predicted octanol–water partition coefficient (Wildman–Crippen LogP) is 3.77. The summed E-state index contributed by atoms with van der Waals surface area (Å²) in [5, 5.41) is 11.8. The highest BCUT2D eigenvalue weighted by Crippen LogP contribution is 2.25. The van der Waals surface area contributed by atoms with E-state index in [0.717, 1.165) is 60.9 Å². The summed E-state index contributed by atoms with van der Waals surface area (Å²) < 4.78 is 17.8. The van der Waals surface area contributed by atoms with Crippen LogP contribution in [0.25, 0.3) is 22.2 Å². The van der Waals surface area contributed by atoms with Gasteiger partial charge in [-0.2, -0.15) is 5.26 Å². The van der Waals surface area contributed by atoms with Crippen molar-refractivity contribution < 1.29 is 18.7 Å². The van der Waals surface area contributed by atoms with Crippen LogP contribution in [-0.4, -0.2) is 49.5 Å². The number of oxazole rings is 1. The maximum atomic E-state index is 12.2. The Hall–Kier alpha value is -3.45. The molecule has 1 saturated heterocycles. The van der Waals surface area contributed by atoms with Gasteiger partial charge < -0.3 is 24.9 Å². The van der Waals surface area contributed by atoms with Crippen LogP contribution in [0.4, 0.5) is 0 Å². The maximum absolute atomic E-state index is 12.2. The van der Waals surface area contributed by atoms with Crippen LogP contribution in [0, 0.1) is 11.3 Å². The zero-order valence-corrected chi connectivity index (χ0v) is 22.1. The SMILES string of the molecule is CCCCOCCn1c(=O)oc2ccc(-c3ccc(CCC#N)cc3)cc21.NC(=O)C1CNCCCCO1. The first-order valence-corrected chi connectivity index (χ1v) is 13.3. The molecule has 0 saturated carbocycles. The van der Waals surface area contributed by atoms with E-state index in [-0.39, 0.29) is 11.7 Å². The molecule has 0 radical (unpaired) electrons. The van der Waals surface area contributed by atoms with E-state index in [1.807, 2.05) is 42.5 Å². The Labute approximate surface area is 223 Å². The zero-order valence-electron chi connectivity index (χ0n) is 22.1. The van der Waals surface area contributed by atoms with Crippen molar-refractivity contribution in [1.82, 2.24) is 9.88 Å². The van der Waals surface area contributed by atoms with Gasteiger partial charge >= 0.3 is 5.76 Å². The number of amides is 1. The first-order chi connectivity index (χ1) is 18.5. The minimum Gasteiger partial charge on any atom is -0.408 e. The van der Waals surface area contributed by atoms with E-state index in [9.17, 15) is 9.59 Å². The molecule has 1 aromatic heterocycles. The number of nitrogens with zero attached hydrogens (tertiary/aromatic N) is 2. The Morgan fingerprint density at radius 1 is 1.18 bits per heavy atom. The molecule has 0 spiro atoms. The molecular weight excluding hydrogens is 484 g/mol. The van der Waals surface area contributed by atoms with Gasteiger partial charge in [0.1, 0.15) is 6.10 Å². The molecular formula is C29H38N4O5. The number of rotatable bonds is 10. The number of nitrogens with two attached hydrogens (primary N) is 1. The standard InChI is InChI=1S/C22H24N2O3.C7H14N2O2/c1-2-3-14-26-15-13-24-20-16-19(10-11-21(20)27-22(24)25)18-8-6-17(7-9-18)5-4-12-23;8-7(10)6-5-9-3-1-2-4-11-6/h6-11,16H,2-5,13-15H2,1H3;6,9H,1-5H2,(H2,8,10). The van der Waals surface area contributed by atoms with E-state index in [0.29, 0.717) is 44.9 Å². The van der Waals surface area contributed by atoms with Crippen molar-refractivity contribution in [3.05, 3.63) is 58.6 Å². The number of nitriles is 1. The Morgan fingerprint density at radius 3 is 2.71 bits per heavy atom. The van der Waals surface area contributed by atoms with E-state index in [1.54, 1.807) is 4.57 Å². The molecule has 0 aliphatic carbocycles. The van der Waals surface area contributed by atoms with Crippen LogP contribution in [0.2, 0.25) is 0 Å². The fraction of sp³-hybridized carbons (Fsp3) is 0.483. The average molecular weight is 523 g/mol. The minimum atomic E-state index is -0.435. The average Bonchev–Trinajstić information content (AvgIpc) is 3.21. The fourth-order valence-corrected chi connectivity index (χ4v) is 4.07. The zero-order chi connectivity index (χ0) is 27.2. The molecule has 204 valence electrons. The lowest BCUT2D eigenvalue weighted by Crippen LogP contribution is -2.41. The number of carbonyl (C=O) groups excluding carboxylic acids is 1. The van der Waals surface area contributed by atoms with Gasteiger partial charge in [0, 0.05) is 26.2 Å². The Morgan fingerprint density at radius 2 is 1.97 bits per heavy atom. The lowest BCUT2D eigenvalue weighted by Gasteiger charge is -2.18. The molecule has 4 rings (SSSR count). The molecule has 1 atom stereocenters. The van der Waals surface area contributed by atoms with Crippen molar-refractivity contribution in [2.75, 3.05) is 32.9 Å². The monoisotopic (exact) mass is 522 g/mol. The Bertz CT molecular complexity index is 1230. The number of hydrogen-bond donors (Lipinski definition) is 2. The van der Waals surface area contributed by atoms with Crippen LogP contribution in [0.15, 0.2) is 51.7 Å². The molecule has 38 heavy (non-hydrogen) atoms. The third kappa shape index (κ3) is 8.84. The van der Waals surface area contributed by atoms with Gasteiger partial charge in [0.2, 0.25) is 5.91 Å². The van der Waals surface area contributed by atoms with E-state index in [2.05, 4.69) is 18.3 Å². The molecule has 9 nitrogen and oxygen atoms in total. The molecule has 1 unspecified atom stereocenters. The van der Waals surface area contributed by atoms with E-state index >= 15 is 0 Å². The number of hydrogen-bond acceptors (Lipinski definition) is 7. The summed E-state index contributed by atoms with van der Waals surface area (Å²) in [7, 11) is 0. The summed E-state index contributed by atoms with van der Waals surface area (Å²) in [6.07, 6.45) is 5.06. The van der Waals surface area contributed by atoms with Crippen molar-refractivity contribution in [1.29, 1.82) is 5.26 Å². The van der Waals surface area contributed by atoms with Crippen molar-refractivity contribution >= 4 is 17.0 Å². The molecule has 1 aliphatic heterocycles. The first kappa shape index (κ1) is 29.1. The Kier molecular flexibility index (Phi) is 12.0. The lowest BCUT2D eigenvalue weighted by molar-refractivity contribution is -0.129. The molecule has 3 N–H and O–H groups in total. The van der Waals surface area contributed by atoms with E-state index in [1.165, 1.54) is 0 Å². The van der Waals surface area contributed by atoms with Gasteiger partial charge in [-0.3, -0.25) is 9.36 Å². The van der Waals surface area contributed by atoms with Gasteiger partial charge in [-0.05, 0) is 61.1 Å². The number of unbranched alkanes of at least 4 members (excludes halogenated alkanes) is 1. The summed E-state index contributed by atoms with van der Waals surface area (Å²) in [6, 6.07) is 16.1. The summed E-state index contributed by atoms with van der Waals surface area (Å²) in [5.74, 6) is -0.729. The largest absolute Gasteiger partial charge is 0.420 e. The fourth-order valence-electron chi connectivity index (χ4n) is 4.07. The smallest absolute Gasteiger partial charge is 0.408 e. The normalized spacial score (nSPS) is 15.6. The number of benzene rings is 2. The van der Waals surface area contributed by atoms with Gasteiger partial charge in [0.25, 0.3) is 0 Å². The predicted molar refractivity (Wildman–Crippen MR) is 147 cm³/mol. The molecule has 0 bridgehead atoms. The lowest BCUT2D eigenvalue weighted by atomic mass is 10.0. The number of aryl methyl sites for hydroxylation is 1. The summed E-state index contributed by atoms with van der Waals surface area (Å²) in [6.45, 7) is 5.95. The van der Waals surface area contributed by atoms with Crippen LogP contribution < -0.4 is 16.8 Å². The molecule has 2 heterocycles. The highest BCUT2D eigenvalue weighted by molar-refractivity contribution is 5.81. The first-order valence-electron chi connectivity index (χ1n) is 13.3. The van der Waals surface area contributed by atoms with E-state index in [4.69, 9.17) is 24.9 Å². The quantitative estimate of drug-likeness (QED) is 0.387. The van der Waals surface area contributed by atoms with Crippen molar-refractivity contribution in [3.8, 4) is 17.2 Å². The summed E-state index contributed by atoms with van der Waals surface area (Å²) in [4.78, 5) is 22.8. The minimum absolute atomic E-state index is 0.354. The number of nitrogens with one attached hydrogen (secondary N) is 1. The molecule has 1 amide bonds.